The third-order valence-electron chi connectivity index (χ3n) is 6.05. The molecule has 3 heteroatoms. The van der Waals surface area contributed by atoms with Crippen LogP contribution in [0, 0.1) is 11.8 Å². The van der Waals surface area contributed by atoms with Crippen LogP contribution in [0.5, 0.6) is 0 Å². The van der Waals surface area contributed by atoms with Gasteiger partial charge in [0.1, 0.15) is 0 Å². The van der Waals surface area contributed by atoms with Crippen molar-refractivity contribution in [2.75, 3.05) is 0 Å². The number of benzene rings is 2. The average Bonchev–Trinajstić information content (AvgIpc) is 2.68. The molecule has 0 aromatic heterocycles. The van der Waals surface area contributed by atoms with Gasteiger partial charge in [0.15, 0.2) is 0 Å². The second-order valence-corrected chi connectivity index (χ2v) is 9.54. The van der Waals surface area contributed by atoms with Gasteiger partial charge >= 0.3 is 183 Å². The van der Waals surface area contributed by atoms with E-state index in [1.165, 1.54) is 18.4 Å². The van der Waals surface area contributed by atoms with E-state index in [4.69, 9.17) is 16.3 Å². The molecule has 1 nitrogen and oxygen atoms in total. The van der Waals surface area contributed by atoms with Crippen molar-refractivity contribution in [3.8, 4) is 0 Å². The van der Waals surface area contributed by atoms with Gasteiger partial charge in [-0.25, -0.2) is 0 Å². The maximum absolute atomic E-state index is 6.48. The van der Waals surface area contributed by atoms with Crippen LogP contribution in [0.15, 0.2) is 60.7 Å². The molecule has 1 saturated carbocycles. The minimum atomic E-state index is 0.0756. The first kappa shape index (κ1) is 21.5. The molecule has 0 spiro atoms. The van der Waals surface area contributed by atoms with E-state index in [9.17, 15) is 0 Å². The molecule has 0 saturated heterocycles. The van der Waals surface area contributed by atoms with Crippen LogP contribution in [0.4, 0.5) is 0 Å². The number of hydrogen-bond acceptors (Lipinski definition) is 1. The first-order chi connectivity index (χ1) is 13.4. The summed E-state index contributed by atoms with van der Waals surface area (Å²) < 4.78 is 7.33. The molecule has 0 N–H and O–H groups in total. The summed E-state index contributed by atoms with van der Waals surface area (Å²) in [5.41, 5.74) is 2.58. The Morgan fingerprint density at radius 2 is 1.75 bits per heavy atom. The molecule has 1 aliphatic carbocycles. The molecule has 2 aromatic carbocycles. The molecule has 0 bridgehead atoms. The summed E-state index contributed by atoms with van der Waals surface area (Å²) in [5, 5.41) is 0.753. The van der Waals surface area contributed by atoms with Gasteiger partial charge in [0.25, 0.3) is 0 Å². The summed E-state index contributed by atoms with van der Waals surface area (Å²) in [7, 11) is 0. The molecule has 28 heavy (non-hydrogen) atoms. The van der Waals surface area contributed by atoms with Crippen LogP contribution in [0.2, 0.25) is 5.02 Å². The number of halogens is 1. The second kappa shape index (κ2) is 9.55. The van der Waals surface area contributed by atoms with Crippen molar-refractivity contribution < 1.29 is 20.6 Å². The van der Waals surface area contributed by atoms with Crippen LogP contribution < -0.4 is 0 Å². The van der Waals surface area contributed by atoms with Crippen molar-refractivity contribution in [2.45, 2.75) is 51.6 Å². The molecule has 1 fully saturated rings. The molecular formula is C25H29ClCrO. The summed E-state index contributed by atoms with van der Waals surface area (Å²) in [4.78, 5) is 0. The van der Waals surface area contributed by atoms with Crippen LogP contribution >= 0.6 is 11.6 Å². The zero-order valence-electron chi connectivity index (χ0n) is 16.9. The van der Waals surface area contributed by atoms with Gasteiger partial charge in [0.2, 0.25) is 0 Å². The van der Waals surface area contributed by atoms with Crippen LogP contribution in [0.25, 0.3) is 6.08 Å². The molecule has 1 aliphatic rings. The predicted octanol–water partition coefficient (Wildman–Crippen LogP) is 6.83. The standard InChI is InChI=1S/C25H29ClO.Cr/c1-19-11-16-23(25(2,3)21-9-5-4-6-10-21)24(18-19)27-17-7-8-20-12-14-22(26)15-13-20;/h4-10,12-15,19,23-24H,11,16,18H2,1-3H3;/b8-7+;/t19-,23-,24-;/m1./s1. The van der Waals surface area contributed by atoms with Crippen molar-refractivity contribution in [2.24, 2.45) is 11.8 Å². The topological polar surface area (TPSA) is 9.23 Å². The fourth-order valence-corrected chi connectivity index (χ4v) is 4.72. The van der Waals surface area contributed by atoms with E-state index in [-0.39, 0.29) is 11.5 Å². The Bertz CT molecular complexity index is 810. The molecule has 0 unspecified atom stereocenters. The first-order valence-electron chi connectivity index (χ1n) is 10.1. The summed E-state index contributed by atoms with van der Waals surface area (Å²) in [6, 6.07) is 18.7. The van der Waals surface area contributed by atoms with Gasteiger partial charge in [-0.15, -0.1) is 0 Å². The number of ether oxygens (including phenoxy) is 1. The Balaban J connectivity index is 1.73. The van der Waals surface area contributed by atoms with E-state index in [0.29, 0.717) is 11.8 Å². The average molecular weight is 433 g/mol. The van der Waals surface area contributed by atoms with Crippen molar-refractivity contribution in [1.29, 1.82) is 0 Å². The number of rotatable bonds is 6. The Kier molecular flexibility index (Phi) is 7.35. The first-order valence-corrected chi connectivity index (χ1v) is 11.1. The molecular weight excluding hydrogens is 404 g/mol. The predicted molar refractivity (Wildman–Crippen MR) is 116 cm³/mol. The third kappa shape index (κ3) is 5.46. The third-order valence-corrected chi connectivity index (χ3v) is 6.66. The monoisotopic (exact) mass is 432 g/mol. The molecule has 3 rings (SSSR count). The normalized spacial score (nSPS) is 23.1. The van der Waals surface area contributed by atoms with Crippen molar-refractivity contribution in [1.82, 2.24) is 0 Å². The molecule has 0 amide bonds. The van der Waals surface area contributed by atoms with Crippen molar-refractivity contribution >= 4 is 22.2 Å². The zero-order chi connectivity index (χ0) is 20.1. The van der Waals surface area contributed by atoms with Crippen LogP contribution in [0.3, 0.4) is 0 Å². The van der Waals surface area contributed by atoms with Gasteiger partial charge in [-0.05, 0) is 0 Å². The molecule has 0 aliphatic heterocycles. The fraction of sp³-hybridized carbons (Fsp3) is 0.400. The van der Waals surface area contributed by atoms with Gasteiger partial charge in [-0.1, -0.05) is 0 Å². The van der Waals surface area contributed by atoms with Gasteiger partial charge in [0.05, 0.1) is 0 Å². The Labute approximate surface area is 182 Å². The summed E-state index contributed by atoms with van der Waals surface area (Å²) >= 11 is 9.08. The van der Waals surface area contributed by atoms with Crippen LogP contribution in [-0.2, 0) is 26.0 Å². The van der Waals surface area contributed by atoms with Gasteiger partial charge in [-0.3, -0.25) is 0 Å². The summed E-state index contributed by atoms with van der Waals surface area (Å²) in [6.45, 7) is 7.06. The maximum atomic E-state index is 6.48. The van der Waals surface area contributed by atoms with E-state index in [0.717, 1.165) is 21.6 Å². The van der Waals surface area contributed by atoms with Crippen LogP contribution in [0.1, 0.15) is 51.2 Å². The zero-order valence-corrected chi connectivity index (χ0v) is 18.9. The van der Waals surface area contributed by atoms with E-state index in [1.807, 2.05) is 30.3 Å². The van der Waals surface area contributed by atoms with Crippen molar-refractivity contribution in [3.63, 3.8) is 0 Å². The molecule has 148 valence electrons. The second-order valence-electron chi connectivity index (χ2n) is 8.47. The fourth-order valence-electron chi connectivity index (χ4n) is 4.29. The van der Waals surface area contributed by atoms with Crippen molar-refractivity contribution in [3.05, 3.63) is 76.8 Å². The Hall–Kier alpha value is -1.17. The quantitative estimate of drug-likeness (QED) is 0.486. The minimum absolute atomic E-state index is 0.0756. The Morgan fingerprint density at radius 3 is 2.43 bits per heavy atom. The van der Waals surface area contributed by atoms with E-state index in [2.05, 4.69) is 73.0 Å². The van der Waals surface area contributed by atoms with E-state index in [1.54, 1.807) is 0 Å². The van der Waals surface area contributed by atoms with E-state index < -0.39 is 0 Å². The molecule has 2 aromatic rings. The molecule has 0 radical (unpaired) electrons. The number of hydrogen-bond donors (Lipinski definition) is 0. The molecule has 0 heterocycles. The van der Waals surface area contributed by atoms with Gasteiger partial charge < -0.3 is 0 Å². The molecule has 3 atom stereocenters. The summed E-state index contributed by atoms with van der Waals surface area (Å²) in [5.74, 6) is 1.18. The SMILES string of the molecule is C[C@@H]1CC[C@@H](C(C)(C)c2ccccc2)[C@H](O[C](=[Cr])/C=C/c2ccc(Cl)cc2)C1. The van der Waals surface area contributed by atoms with Gasteiger partial charge in [0, 0.05) is 0 Å². The summed E-state index contributed by atoms with van der Waals surface area (Å²) in [6.07, 6.45) is 7.86. The van der Waals surface area contributed by atoms with Crippen LogP contribution in [-0.4, -0.2) is 10.7 Å². The van der Waals surface area contributed by atoms with Gasteiger partial charge in [-0.2, -0.15) is 0 Å². The van der Waals surface area contributed by atoms with E-state index >= 15 is 0 Å². The Morgan fingerprint density at radius 1 is 1.07 bits per heavy atom.